The minimum atomic E-state index is -3.25. The van der Waals surface area contributed by atoms with Crippen LogP contribution in [0, 0.1) is 0 Å². The van der Waals surface area contributed by atoms with Crippen molar-refractivity contribution in [3.63, 3.8) is 0 Å². The van der Waals surface area contributed by atoms with Gasteiger partial charge in [-0.05, 0) is 6.92 Å². The molecule has 0 atom stereocenters. The monoisotopic (exact) mass is 435 g/mol. The number of sulfonamides is 1. The molecule has 0 radical (unpaired) electrons. The summed E-state index contributed by atoms with van der Waals surface area (Å²) in [7, 11) is -3.25. The largest absolute Gasteiger partial charge is 0.471 e. The highest BCUT2D eigenvalue weighted by atomic mass is 32.2. The molecule has 12 heteroatoms. The Kier molecular flexibility index (Phi) is 5.47. The molecule has 2 aromatic heterocycles. The van der Waals surface area contributed by atoms with E-state index < -0.39 is 15.6 Å². The second-order valence-electron chi connectivity index (χ2n) is 7.87. The van der Waals surface area contributed by atoms with E-state index in [9.17, 15) is 8.42 Å². The molecule has 0 unspecified atom stereocenters. The molecule has 3 heterocycles. The van der Waals surface area contributed by atoms with Crippen molar-refractivity contribution in [3.8, 4) is 17.1 Å². The Balaban J connectivity index is 1.58. The Bertz CT molecular complexity index is 1000. The van der Waals surface area contributed by atoms with Crippen molar-refractivity contribution in [1.29, 1.82) is 0 Å². The summed E-state index contributed by atoms with van der Waals surface area (Å²) in [6.07, 6.45) is 5.47. The number of nitrogen functional groups attached to an aromatic ring is 1. The van der Waals surface area contributed by atoms with E-state index in [1.807, 2.05) is 11.8 Å². The van der Waals surface area contributed by atoms with Gasteiger partial charge in [-0.1, -0.05) is 0 Å². The molecule has 0 amide bonds. The second kappa shape index (κ2) is 7.93. The van der Waals surface area contributed by atoms with Crippen LogP contribution in [0.1, 0.15) is 19.8 Å². The molecule has 162 valence electrons. The number of aromatic nitrogens is 4. The van der Waals surface area contributed by atoms with Crippen LogP contribution in [0.5, 0.6) is 5.88 Å². The van der Waals surface area contributed by atoms with Crippen molar-refractivity contribution in [2.24, 2.45) is 0 Å². The molecule has 2 aliphatic rings. The predicted molar refractivity (Wildman–Crippen MR) is 111 cm³/mol. The number of morpholine rings is 1. The number of ether oxygens (including phenoxy) is 2. The van der Waals surface area contributed by atoms with Crippen LogP contribution >= 0.6 is 0 Å². The highest BCUT2D eigenvalue weighted by Crippen LogP contribution is 2.37. The van der Waals surface area contributed by atoms with Crippen molar-refractivity contribution in [2.45, 2.75) is 31.4 Å². The van der Waals surface area contributed by atoms with Crippen LogP contribution in [0.25, 0.3) is 11.3 Å². The second-order valence-corrected chi connectivity index (χ2v) is 9.65. The number of nitrogens with two attached hydrogens (primary N) is 1. The summed E-state index contributed by atoms with van der Waals surface area (Å²) in [6.45, 7) is 4.50. The number of anilines is 2. The number of nitrogens with one attached hydrogen (secondary N) is 1. The Morgan fingerprint density at radius 1 is 1.23 bits per heavy atom. The Morgan fingerprint density at radius 3 is 2.53 bits per heavy atom. The van der Waals surface area contributed by atoms with Gasteiger partial charge in [-0.15, -0.1) is 0 Å². The molecule has 0 bridgehead atoms. The zero-order valence-corrected chi connectivity index (χ0v) is 17.7. The molecule has 11 nitrogen and oxygen atoms in total. The maximum absolute atomic E-state index is 11.4. The van der Waals surface area contributed by atoms with Gasteiger partial charge in [-0.25, -0.2) is 28.1 Å². The molecule has 3 N–H and O–H groups in total. The lowest BCUT2D eigenvalue weighted by Crippen LogP contribution is -2.56. The van der Waals surface area contributed by atoms with Crippen LogP contribution in [0.2, 0.25) is 0 Å². The molecule has 1 aliphatic carbocycles. The third-order valence-corrected chi connectivity index (χ3v) is 5.80. The van der Waals surface area contributed by atoms with E-state index in [2.05, 4.69) is 24.7 Å². The van der Waals surface area contributed by atoms with Crippen molar-refractivity contribution in [1.82, 2.24) is 24.7 Å². The number of rotatable bonds is 6. The fraction of sp³-hybridized carbons (Fsp3) is 0.556. The molecule has 0 spiro atoms. The van der Waals surface area contributed by atoms with E-state index in [1.54, 1.807) is 18.5 Å². The van der Waals surface area contributed by atoms with Crippen LogP contribution in [0.4, 0.5) is 11.9 Å². The first-order valence-electron chi connectivity index (χ1n) is 9.65. The van der Waals surface area contributed by atoms with Gasteiger partial charge in [0.2, 0.25) is 27.8 Å². The molecule has 1 saturated carbocycles. The van der Waals surface area contributed by atoms with Gasteiger partial charge in [0.25, 0.3) is 0 Å². The van der Waals surface area contributed by atoms with E-state index >= 15 is 0 Å². The lowest BCUT2D eigenvalue weighted by molar-refractivity contribution is -0.0120. The summed E-state index contributed by atoms with van der Waals surface area (Å²) >= 11 is 0. The summed E-state index contributed by atoms with van der Waals surface area (Å²) in [5.74, 6) is 1.14. The van der Waals surface area contributed by atoms with Crippen molar-refractivity contribution in [3.05, 3.63) is 18.5 Å². The first-order valence-corrected chi connectivity index (χ1v) is 11.5. The van der Waals surface area contributed by atoms with Crippen molar-refractivity contribution in [2.75, 3.05) is 43.2 Å². The van der Waals surface area contributed by atoms with E-state index in [4.69, 9.17) is 15.2 Å². The predicted octanol–water partition coefficient (Wildman–Crippen LogP) is 0.202. The van der Waals surface area contributed by atoms with E-state index in [-0.39, 0.29) is 12.0 Å². The van der Waals surface area contributed by atoms with Gasteiger partial charge < -0.3 is 20.1 Å². The SMILES string of the molecule is CC1(Oc2cc(-c3cnc(N)nc3)nc(N3CCOCC3)n2)CC(NS(C)(=O)=O)C1. The first kappa shape index (κ1) is 20.7. The summed E-state index contributed by atoms with van der Waals surface area (Å²) in [5.41, 5.74) is 6.39. The Hall–Kier alpha value is -2.57. The molecular weight excluding hydrogens is 410 g/mol. The van der Waals surface area contributed by atoms with Crippen molar-refractivity contribution < 1.29 is 17.9 Å². The number of hydrogen-bond acceptors (Lipinski definition) is 10. The minimum absolute atomic E-state index is 0.143. The third kappa shape index (κ3) is 4.94. The van der Waals surface area contributed by atoms with Gasteiger partial charge in [0, 0.05) is 56.0 Å². The van der Waals surface area contributed by atoms with E-state index in [0.29, 0.717) is 62.2 Å². The maximum atomic E-state index is 11.4. The van der Waals surface area contributed by atoms with Gasteiger partial charge in [0.15, 0.2) is 0 Å². The lowest BCUT2D eigenvalue weighted by atomic mass is 9.77. The van der Waals surface area contributed by atoms with Gasteiger partial charge in [-0.2, -0.15) is 4.98 Å². The van der Waals surface area contributed by atoms with Crippen LogP contribution in [-0.4, -0.2) is 72.6 Å². The molecule has 2 aromatic rings. The zero-order chi connectivity index (χ0) is 21.4. The lowest BCUT2D eigenvalue weighted by Gasteiger charge is -2.44. The average molecular weight is 436 g/mol. The minimum Gasteiger partial charge on any atom is -0.471 e. The highest BCUT2D eigenvalue weighted by Gasteiger charge is 2.44. The summed E-state index contributed by atoms with van der Waals surface area (Å²) in [4.78, 5) is 19.4. The molecule has 1 aliphatic heterocycles. The van der Waals surface area contributed by atoms with Crippen LogP contribution in [0.15, 0.2) is 18.5 Å². The number of nitrogens with zero attached hydrogens (tertiary/aromatic N) is 5. The smallest absolute Gasteiger partial charge is 0.229 e. The standard InChI is InChI=1S/C18H25N7O4S/c1-18(8-13(9-18)24-30(2,26)27)29-15-7-14(12-10-20-16(19)21-11-12)22-17(23-15)25-3-5-28-6-4-25/h7,10-11,13,24H,3-6,8-9H2,1-2H3,(H2,19,20,21). The van der Waals surface area contributed by atoms with Gasteiger partial charge in [-0.3, -0.25) is 0 Å². The quantitative estimate of drug-likeness (QED) is 0.645. The Morgan fingerprint density at radius 2 is 1.90 bits per heavy atom. The summed E-state index contributed by atoms with van der Waals surface area (Å²) in [6, 6.07) is 1.59. The van der Waals surface area contributed by atoms with Crippen LogP contribution < -0.4 is 20.1 Å². The van der Waals surface area contributed by atoms with Crippen LogP contribution in [-0.2, 0) is 14.8 Å². The molecule has 0 aromatic carbocycles. The van der Waals surface area contributed by atoms with Gasteiger partial charge in [0.05, 0.1) is 25.2 Å². The third-order valence-electron chi connectivity index (χ3n) is 5.04. The Labute approximate surface area is 175 Å². The fourth-order valence-electron chi connectivity index (χ4n) is 3.69. The van der Waals surface area contributed by atoms with Crippen molar-refractivity contribution >= 4 is 21.9 Å². The van der Waals surface area contributed by atoms with Gasteiger partial charge in [0.1, 0.15) is 5.60 Å². The van der Waals surface area contributed by atoms with Crippen LogP contribution in [0.3, 0.4) is 0 Å². The topological polar surface area (TPSA) is 145 Å². The fourth-order valence-corrected chi connectivity index (χ4v) is 4.46. The molecule has 1 saturated heterocycles. The average Bonchev–Trinajstić information content (AvgIpc) is 2.66. The summed E-state index contributed by atoms with van der Waals surface area (Å²) < 4.78 is 37.1. The maximum Gasteiger partial charge on any atom is 0.229 e. The van der Waals surface area contributed by atoms with E-state index in [1.165, 1.54) is 0 Å². The molecule has 2 fully saturated rings. The zero-order valence-electron chi connectivity index (χ0n) is 16.9. The highest BCUT2D eigenvalue weighted by molar-refractivity contribution is 7.88. The molecule has 4 rings (SSSR count). The van der Waals surface area contributed by atoms with Gasteiger partial charge >= 0.3 is 0 Å². The molecular formula is C18H25N7O4S. The molecule has 30 heavy (non-hydrogen) atoms. The first-order chi connectivity index (χ1) is 14.2. The van der Waals surface area contributed by atoms with E-state index in [0.717, 1.165) is 6.26 Å². The number of hydrogen-bond donors (Lipinski definition) is 2. The normalized spacial score (nSPS) is 24.3. The summed E-state index contributed by atoms with van der Waals surface area (Å²) in [5, 5.41) is 0.